The molecule has 0 saturated heterocycles. The van der Waals surface area contributed by atoms with Crippen LogP contribution in [0.4, 0.5) is 0 Å². The SMILES string of the molecule is Cn1cncc1Cc1nc(-c2ccccc2)no1. The largest absolute Gasteiger partial charge is 0.339 e. The second-order valence-electron chi connectivity index (χ2n) is 4.05. The number of imidazole rings is 1. The fourth-order valence-electron chi connectivity index (χ4n) is 1.74. The highest BCUT2D eigenvalue weighted by Crippen LogP contribution is 2.16. The predicted octanol–water partition coefficient (Wildman–Crippen LogP) is 2.06. The van der Waals surface area contributed by atoms with Gasteiger partial charge in [0, 0.05) is 24.5 Å². The van der Waals surface area contributed by atoms with Gasteiger partial charge in [-0.25, -0.2) is 4.98 Å². The van der Waals surface area contributed by atoms with Crippen LogP contribution in [0.2, 0.25) is 0 Å². The zero-order chi connectivity index (χ0) is 12.4. The van der Waals surface area contributed by atoms with Gasteiger partial charge < -0.3 is 9.09 Å². The molecular weight excluding hydrogens is 228 g/mol. The average molecular weight is 240 g/mol. The van der Waals surface area contributed by atoms with Crippen LogP contribution in [0.25, 0.3) is 11.4 Å². The second-order valence-corrected chi connectivity index (χ2v) is 4.05. The molecule has 0 atom stereocenters. The number of aromatic nitrogens is 4. The molecule has 90 valence electrons. The average Bonchev–Trinajstić information content (AvgIpc) is 3.02. The standard InChI is InChI=1S/C13H12N4O/c1-17-9-14-8-11(17)7-12-15-13(16-18-12)10-5-3-2-4-6-10/h2-6,8-9H,7H2,1H3. The molecule has 0 N–H and O–H groups in total. The van der Waals surface area contributed by atoms with Gasteiger partial charge in [0.15, 0.2) is 0 Å². The summed E-state index contributed by atoms with van der Waals surface area (Å²) >= 11 is 0. The highest BCUT2D eigenvalue weighted by Gasteiger charge is 2.10. The van der Waals surface area contributed by atoms with Crippen molar-refractivity contribution < 1.29 is 4.52 Å². The molecule has 0 fully saturated rings. The molecule has 3 rings (SSSR count). The van der Waals surface area contributed by atoms with E-state index in [1.54, 1.807) is 12.5 Å². The Hall–Kier alpha value is -2.43. The maximum atomic E-state index is 5.25. The van der Waals surface area contributed by atoms with E-state index in [2.05, 4.69) is 15.1 Å². The Balaban J connectivity index is 1.84. The van der Waals surface area contributed by atoms with Gasteiger partial charge in [0.25, 0.3) is 0 Å². The maximum absolute atomic E-state index is 5.25. The molecule has 1 aromatic carbocycles. The summed E-state index contributed by atoms with van der Waals surface area (Å²) < 4.78 is 7.18. The van der Waals surface area contributed by atoms with Gasteiger partial charge in [0.2, 0.25) is 11.7 Å². The van der Waals surface area contributed by atoms with E-state index in [0.29, 0.717) is 18.1 Å². The molecule has 0 radical (unpaired) electrons. The summed E-state index contributed by atoms with van der Waals surface area (Å²) in [6.07, 6.45) is 4.15. The van der Waals surface area contributed by atoms with Gasteiger partial charge in [-0.05, 0) is 0 Å². The molecule has 0 aliphatic rings. The van der Waals surface area contributed by atoms with Crippen LogP contribution in [-0.4, -0.2) is 19.7 Å². The minimum absolute atomic E-state index is 0.594. The van der Waals surface area contributed by atoms with E-state index in [1.165, 1.54) is 0 Å². The highest BCUT2D eigenvalue weighted by atomic mass is 16.5. The monoisotopic (exact) mass is 240 g/mol. The fourth-order valence-corrected chi connectivity index (χ4v) is 1.74. The minimum atomic E-state index is 0.594. The Morgan fingerprint density at radius 2 is 2.06 bits per heavy atom. The first-order valence-corrected chi connectivity index (χ1v) is 5.66. The summed E-state index contributed by atoms with van der Waals surface area (Å²) in [5.41, 5.74) is 2.00. The van der Waals surface area contributed by atoms with Crippen LogP contribution >= 0.6 is 0 Å². The summed E-state index contributed by atoms with van der Waals surface area (Å²) in [7, 11) is 1.94. The lowest BCUT2D eigenvalue weighted by Gasteiger charge is -1.96. The third-order valence-electron chi connectivity index (χ3n) is 2.75. The minimum Gasteiger partial charge on any atom is -0.339 e. The van der Waals surface area contributed by atoms with E-state index in [4.69, 9.17) is 4.52 Å². The summed E-state index contributed by atoms with van der Waals surface area (Å²) in [5, 5.41) is 3.98. The van der Waals surface area contributed by atoms with Crippen LogP contribution in [0.5, 0.6) is 0 Å². The molecule has 0 bridgehead atoms. The summed E-state index contributed by atoms with van der Waals surface area (Å²) in [6, 6.07) is 9.77. The molecule has 5 nitrogen and oxygen atoms in total. The fraction of sp³-hybridized carbons (Fsp3) is 0.154. The van der Waals surface area contributed by atoms with Crippen molar-refractivity contribution in [3.05, 3.63) is 54.4 Å². The van der Waals surface area contributed by atoms with Crippen LogP contribution in [0, 0.1) is 0 Å². The van der Waals surface area contributed by atoms with Gasteiger partial charge in [0.1, 0.15) is 0 Å². The molecule has 0 aliphatic heterocycles. The number of aryl methyl sites for hydroxylation is 1. The Labute approximate surface area is 104 Å². The van der Waals surface area contributed by atoms with E-state index in [1.807, 2.05) is 41.9 Å². The number of nitrogens with zero attached hydrogens (tertiary/aromatic N) is 4. The molecule has 0 spiro atoms. The van der Waals surface area contributed by atoms with Crippen LogP contribution < -0.4 is 0 Å². The summed E-state index contributed by atoms with van der Waals surface area (Å²) in [6.45, 7) is 0. The zero-order valence-corrected chi connectivity index (χ0v) is 9.95. The molecule has 5 heteroatoms. The molecular formula is C13H12N4O. The molecule has 18 heavy (non-hydrogen) atoms. The molecule has 2 heterocycles. The predicted molar refractivity (Wildman–Crippen MR) is 65.7 cm³/mol. The van der Waals surface area contributed by atoms with Gasteiger partial charge in [-0.15, -0.1) is 0 Å². The number of hydrogen-bond acceptors (Lipinski definition) is 4. The molecule has 0 unspecified atom stereocenters. The van der Waals surface area contributed by atoms with Crippen molar-refractivity contribution in [3.63, 3.8) is 0 Å². The van der Waals surface area contributed by atoms with Crippen molar-refractivity contribution in [1.82, 2.24) is 19.7 Å². The van der Waals surface area contributed by atoms with Crippen LogP contribution in [0.15, 0.2) is 47.4 Å². The number of benzene rings is 1. The first-order chi connectivity index (χ1) is 8.83. The molecule has 0 aliphatic carbocycles. The number of rotatable bonds is 3. The molecule has 2 aromatic heterocycles. The van der Waals surface area contributed by atoms with Crippen molar-refractivity contribution in [2.24, 2.45) is 7.05 Å². The van der Waals surface area contributed by atoms with Crippen molar-refractivity contribution >= 4 is 0 Å². The molecule has 0 amide bonds. The van der Waals surface area contributed by atoms with Crippen LogP contribution in [0.1, 0.15) is 11.6 Å². The number of hydrogen-bond donors (Lipinski definition) is 0. The van der Waals surface area contributed by atoms with Crippen LogP contribution in [-0.2, 0) is 13.5 Å². The zero-order valence-electron chi connectivity index (χ0n) is 9.95. The normalized spacial score (nSPS) is 10.7. The van der Waals surface area contributed by atoms with E-state index in [-0.39, 0.29) is 0 Å². The topological polar surface area (TPSA) is 56.7 Å². The van der Waals surface area contributed by atoms with Crippen molar-refractivity contribution in [3.8, 4) is 11.4 Å². The summed E-state index contributed by atoms with van der Waals surface area (Å²) in [5.74, 6) is 1.21. The first kappa shape index (κ1) is 10.7. The van der Waals surface area contributed by atoms with Gasteiger partial charge >= 0.3 is 0 Å². The van der Waals surface area contributed by atoms with Gasteiger partial charge in [-0.2, -0.15) is 4.98 Å². The lowest BCUT2D eigenvalue weighted by Crippen LogP contribution is -1.96. The van der Waals surface area contributed by atoms with Gasteiger partial charge in [-0.3, -0.25) is 0 Å². The van der Waals surface area contributed by atoms with Crippen molar-refractivity contribution in [2.45, 2.75) is 6.42 Å². The lowest BCUT2D eigenvalue weighted by molar-refractivity contribution is 0.384. The Morgan fingerprint density at radius 1 is 1.22 bits per heavy atom. The third kappa shape index (κ3) is 2.02. The molecule has 0 saturated carbocycles. The summed E-state index contributed by atoms with van der Waals surface area (Å²) in [4.78, 5) is 8.43. The van der Waals surface area contributed by atoms with Gasteiger partial charge in [0.05, 0.1) is 12.7 Å². The Kier molecular flexibility index (Phi) is 2.64. The van der Waals surface area contributed by atoms with Crippen LogP contribution in [0.3, 0.4) is 0 Å². The lowest BCUT2D eigenvalue weighted by atomic mass is 10.2. The quantitative estimate of drug-likeness (QED) is 0.703. The van der Waals surface area contributed by atoms with Crippen molar-refractivity contribution in [1.29, 1.82) is 0 Å². The third-order valence-corrected chi connectivity index (χ3v) is 2.75. The first-order valence-electron chi connectivity index (χ1n) is 5.66. The second kappa shape index (κ2) is 4.44. The van der Waals surface area contributed by atoms with E-state index in [0.717, 1.165) is 11.3 Å². The Bertz CT molecular complexity index is 642. The van der Waals surface area contributed by atoms with Crippen molar-refractivity contribution in [2.75, 3.05) is 0 Å². The van der Waals surface area contributed by atoms with E-state index >= 15 is 0 Å². The smallest absolute Gasteiger partial charge is 0.232 e. The van der Waals surface area contributed by atoms with Gasteiger partial charge in [-0.1, -0.05) is 35.5 Å². The maximum Gasteiger partial charge on any atom is 0.232 e. The van der Waals surface area contributed by atoms with E-state index < -0.39 is 0 Å². The highest BCUT2D eigenvalue weighted by molar-refractivity contribution is 5.53. The van der Waals surface area contributed by atoms with E-state index in [9.17, 15) is 0 Å². The Morgan fingerprint density at radius 3 is 2.78 bits per heavy atom. The molecule has 3 aromatic rings.